The molecule has 0 spiro atoms. The quantitative estimate of drug-likeness (QED) is 0.704. The van der Waals surface area contributed by atoms with Gasteiger partial charge in [0.25, 0.3) is 0 Å². The monoisotopic (exact) mass is 464 g/mol. The maximum atomic E-state index is 12.2. The first-order chi connectivity index (χ1) is 11.7. The predicted molar refractivity (Wildman–Crippen MR) is 105 cm³/mol. The first-order valence-corrected chi connectivity index (χ1v) is 10.5. The van der Waals surface area contributed by atoms with Crippen LogP contribution in [-0.2, 0) is 21.4 Å². The standard InChI is InChI=1S/C16H15BrCl2N2O3S/c1-25(23,24)21(14-6-3-12(17)4-7-14)10-16(22)20-9-11-2-5-13(18)8-15(11)19/h2-8H,9-10H2,1H3,(H,20,22). The van der Waals surface area contributed by atoms with Crippen molar-refractivity contribution in [2.75, 3.05) is 17.1 Å². The van der Waals surface area contributed by atoms with Gasteiger partial charge in [0.1, 0.15) is 6.54 Å². The SMILES string of the molecule is CS(=O)(=O)N(CC(=O)NCc1ccc(Cl)cc1Cl)c1ccc(Br)cc1. The van der Waals surface area contributed by atoms with Crippen molar-refractivity contribution in [3.05, 3.63) is 62.5 Å². The lowest BCUT2D eigenvalue weighted by molar-refractivity contribution is -0.119. The van der Waals surface area contributed by atoms with Gasteiger partial charge in [0, 0.05) is 21.1 Å². The van der Waals surface area contributed by atoms with E-state index >= 15 is 0 Å². The van der Waals surface area contributed by atoms with Crippen molar-refractivity contribution in [2.45, 2.75) is 6.54 Å². The van der Waals surface area contributed by atoms with Crippen LogP contribution in [0.15, 0.2) is 46.9 Å². The molecule has 0 radical (unpaired) electrons. The first-order valence-electron chi connectivity index (χ1n) is 7.11. The second-order valence-corrected chi connectivity index (χ2v) is 8.92. The summed E-state index contributed by atoms with van der Waals surface area (Å²) in [4.78, 5) is 12.2. The van der Waals surface area contributed by atoms with Crippen LogP contribution >= 0.6 is 39.1 Å². The van der Waals surface area contributed by atoms with Gasteiger partial charge in [-0.05, 0) is 42.0 Å². The Morgan fingerprint density at radius 1 is 1.16 bits per heavy atom. The topological polar surface area (TPSA) is 66.5 Å². The molecule has 0 aromatic heterocycles. The van der Waals surface area contributed by atoms with Crippen molar-refractivity contribution in [3.8, 4) is 0 Å². The fourth-order valence-corrected chi connectivity index (χ4v) is 3.65. The van der Waals surface area contributed by atoms with Gasteiger partial charge in [-0.25, -0.2) is 8.42 Å². The van der Waals surface area contributed by atoms with E-state index in [4.69, 9.17) is 23.2 Å². The third-order valence-corrected chi connectivity index (χ3v) is 5.55. The molecule has 2 rings (SSSR count). The van der Waals surface area contributed by atoms with Crippen molar-refractivity contribution in [1.29, 1.82) is 0 Å². The number of hydrogen-bond donors (Lipinski definition) is 1. The highest BCUT2D eigenvalue weighted by atomic mass is 79.9. The van der Waals surface area contributed by atoms with E-state index in [0.717, 1.165) is 15.0 Å². The van der Waals surface area contributed by atoms with Gasteiger partial charge in [0.15, 0.2) is 0 Å². The number of sulfonamides is 1. The van der Waals surface area contributed by atoms with Gasteiger partial charge >= 0.3 is 0 Å². The predicted octanol–water partition coefficient (Wildman–Crippen LogP) is 3.84. The highest BCUT2D eigenvalue weighted by molar-refractivity contribution is 9.10. The summed E-state index contributed by atoms with van der Waals surface area (Å²) in [7, 11) is -3.61. The van der Waals surface area contributed by atoms with E-state index in [9.17, 15) is 13.2 Å². The summed E-state index contributed by atoms with van der Waals surface area (Å²) in [5.74, 6) is -0.445. The normalized spacial score (nSPS) is 11.2. The Hall–Kier alpha value is -1.28. The Morgan fingerprint density at radius 2 is 1.80 bits per heavy atom. The lowest BCUT2D eigenvalue weighted by Crippen LogP contribution is -2.40. The van der Waals surface area contributed by atoms with E-state index in [0.29, 0.717) is 21.3 Å². The highest BCUT2D eigenvalue weighted by Crippen LogP contribution is 2.22. The molecule has 0 bridgehead atoms. The molecule has 25 heavy (non-hydrogen) atoms. The van der Waals surface area contributed by atoms with Crippen LogP contribution in [0.5, 0.6) is 0 Å². The number of rotatable bonds is 6. The summed E-state index contributed by atoms with van der Waals surface area (Å²) in [6.07, 6.45) is 1.05. The molecule has 0 heterocycles. The third-order valence-electron chi connectivity index (χ3n) is 3.29. The van der Waals surface area contributed by atoms with E-state index in [-0.39, 0.29) is 13.1 Å². The Kier molecular flexibility index (Phi) is 6.73. The van der Waals surface area contributed by atoms with Crippen LogP contribution < -0.4 is 9.62 Å². The first kappa shape index (κ1) is 20.0. The second kappa shape index (κ2) is 8.40. The second-order valence-electron chi connectivity index (χ2n) is 5.26. The van der Waals surface area contributed by atoms with Crippen molar-refractivity contribution in [3.63, 3.8) is 0 Å². The van der Waals surface area contributed by atoms with Gasteiger partial charge in [0.2, 0.25) is 15.9 Å². The van der Waals surface area contributed by atoms with Gasteiger partial charge in [0.05, 0.1) is 11.9 Å². The largest absolute Gasteiger partial charge is 0.350 e. The number of carbonyl (C=O) groups excluding carboxylic acids is 1. The Bertz CT molecular complexity index is 873. The van der Waals surface area contributed by atoms with Crippen LogP contribution in [0.2, 0.25) is 10.0 Å². The number of halogens is 3. The zero-order valence-electron chi connectivity index (χ0n) is 13.2. The Labute approximate surface area is 165 Å². The van der Waals surface area contributed by atoms with Gasteiger partial charge in [-0.2, -0.15) is 0 Å². The molecular weight excluding hydrogens is 451 g/mol. The van der Waals surface area contributed by atoms with Crippen LogP contribution in [0.25, 0.3) is 0 Å². The van der Waals surface area contributed by atoms with E-state index in [2.05, 4.69) is 21.2 Å². The molecule has 0 fully saturated rings. The van der Waals surface area contributed by atoms with Gasteiger partial charge in [-0.3, -0.25) is 9.10 Å². The molecule has 134 valence electrons. The average molecular weight is 466 g/mol. The van der Waals surface area contributed by atoms with Gasteiger partial charge in [-0.1, -0.05) is 45.2 Å². The third kappa shape index (κ3) is 5.88. The van der Waals surface area contributed by atoms with Crippen molar-refractivity contribution in [2.24, 2.45) is 0 Å². The molecule has 0 atom stereocenters. The fourth-order valence-electron chi connectivity index (χ4n) is 2.05. The average Bonchev–Trinajstić information content (AvgIpc) is 2.52. The van der Waals surface area contributed by atoms with Crippen molar-refractivity contribution in [1.82, 2.24) is 5.32 Å². The summed E-state index contributed by atoms with van der Waals surface area (Å²) >= 11 is 15.2. The summed E-state index contributed by atoms with van der Waals surface area (Å²) < 4.78 is 25.9. The maximum absolute atomic E-state index is 12.2. The molecule has 0 saturated heterocycles. The number of hydrogen-bond acceptors (Lipinski definition) is 3. The molecule has 9 heteroatoms. The number of benzene rings is 2. The number of amides is 1. The smallest absolute Gasteiger partial charge is 0.241 e. The van der Waals surface area contributed by atoms with E-state index < -0.39 is 15.9 Å². The summed E-state index contributed by atoms with van der Waals surface area (Å²) in [6, 6.07) is 11.6. The molecular formula is C16H15BrCl2N2O3S. The maximum Gasteiger partial charge on any atom is 0.241 e. The highest BCUT2D eigenvalue weighted by Gasteiger charge is 2.20. The van der Waals surface area contributed by atoms with Crippen LogP contribution in [0.4, 0.5) is 5.69 Å². The minimum Gasteiger partial charge on any atom is -0.350 e. The van der Waals surface area contributed by atoms with Crippen molar-refractivity contribution < 1.29 is 13.2 Å². The Balaban J connectivity index is 2.08. The summed E-state index contributed by atoms with van der Waals surface area (Å²) in [6.45, 7) is -0.154. The van der Waals surface area contributed by atoms with E-state index in [1.165, 1.54) is 0 Å². The number of anilines is 1. The molecule has 0 unspecified atom stereocenters. The fraction of sp³-hybridized carbons (Fsp3) is 0.188. The lowest BCUT2D eigenvalue weighted by atomic mass is 10.2. The van der Waals surface area contributed by atoms with Crippen LogP contribution in [-0.4, -0.2) is 27.1 Å². The Morgan fingerprint density at radius 3 is 2.36 bits per heavy atom. The molecule has 0 saturated carbocycles. The number of nitrogens with one attached hydrogen (secondary N) is 1. The molecule has 2 aromatic rings. The number of carbonyl (C=O) groups is 1. The number of nitrogens with zero attached hydrogens (tertiary/aromatic N) is 1. The lowest BCUT2D eigenvalue weighted by Gasteiger charge is -2.22. The zero-order valence-corrected chi connectivity index (χ0v) is 17.1. The van der Waals surface area contributed by atoms with Crippen molar-refractivity contribution >= 4 is 60.7 Å². The molecule has 1 N–H and O–H groups in total. The van der Waals surface area contributed by atoms with Gasteiger partial charge in [-0.15, -0.1) is 0 Å². The summed E-state index contributed by atoms with van der Waals surface area (Å²) in [5.41, 5.74) is 1.10. The molecule has 0 aliphatic carbocycles. The van der Waals surface area contributed by atoms with Crippen LogP contribution in [0.3, 0.4) is 0 Å². The molecule has 5 nitrogen and oxygen atoms in total. The van der Waals surface area contributed by atoms with Crippen LogP contribution in [0, 0.1) is 0 Å². The van der Waals surface area contributed by atoms with Gasteiger partial charge < -0.3 is 5.32 Å². The van der Waals surface area contributed by atoms with E-state index in [1.807, 2.05) is 0 Å². The zero-order chi connectivity index (χ0) is 18.6. The molecule has 2 aromatic carbocycles. The van der Waals surface area contributed by atoms with Crippen LogP contribution in [0.1, 0.15) is 5.56 Å². The molecule has 0 aliphatic heterocycles. The molecule has 1 amide bonds. The minimum atomic E-state index is -3.61. The minimum absolute atomic E-state index is 0.173. The molecule has 0 aliphatic rings. The summed E-state index contributed by atoms with van der Waals surface area (Å²) in [5, 5.41) is 3.59. The van der Waals surface area contributed by atoms with E-state index in [1.54, 1.807) is 42.5 Å².